The fraction of sp³-hybridized carbons (Fsp3) is 0.581. The van der Waals surface area contributed by atoms with Crippen molar-refractivity contribution in [2.75, 3.05) is 13.2 Å². The highest BCUT2D eigenvalue weighted by Crippen LogP contribution is 2.39. The monoisotopic (exact) mass is 479 g/mol. The van der Waals surface area contributed by atoms with Crippen molar-refractivity contribution in [1.82, 2.24) is 5.32 Å². The Balaban J connectivity index is 1.60. The van der Waals surface area contributed by atoms with E-state index in [1.54, 1.807) is 0 Å². The van der Waals surface area contributed by atoms with Crippen LogP contribution in [-0.4, -0.2) is 30.8 Å². The number of carbonyl (C=O) groups excluding carboxylic acids is 1. The second-order valence-electron chi connectivity index (χ2n) is 11.3. The summed E-state index contributed by atoms with van der Waals surface area (Å²) in [4.78, 5) is 13.0. The predicted molar refractivity (Wildman–Crippen MR) is 144 cm³/mol. The summed E-state index contributed by atoms with van der Waals surface area (Å²) in [7, 11) is 0. The molecule has 4 nitrogen and oxygen atoms in total. The van der Waals surface area contributed by atoms with Gasteiger partial charge in [-0.3, -0.25) is 4.79 Å². The molecular weight excluding hydrogens is 434 g/mol. The van der Waals surface area contributed by atoms with Gasteiger partial charge in [0.05, 0.1) is 11.7 Å². The molecule has 1 N–H and O–H groups in total. The van der Waals surface area contributed by atoms with Crippen LogP contribution in [0.3, 0.4) is 0 Å². The van der Waals surface area contributed by atoms with Gasteiger partial charge in [0, 0.05) is 19.6 Å². The summed E-state index contributed by atoms with van der Waals surface area (Å²) < 4.78 is 11.8. The van der Waals surface area contributed by atoms with Gasteiger partial charge in [0.25, 0.3) is 0 Å². The van der Waals surface area contributed by atoms with Gasteiger partial charge in [-0.15, -0.1) is 0 Å². The molecule has 1 aliphatic rings. The molecule has 35 heavy (non-hydrogen) atoms. The lowest BCUT2D eigenvalue weighted by molar-refractivity contribution is -0.121. The van der Waals surface area contributed by atoms with Gasteiger partial charge < -0.3 is 14.8 Å². The zero-order valence-corrected chi connectivity index (χ0v) is 22.6. The number of nitrogens with one attached hydrogen (secondary N) is 1. The summed E-state index contributed by atoms with van der Waals surface area (Å²) in [6, 6.07) is 19.0. The van der Waals surface area contributed by atoms with E-state index >= 15 is 0 Å². The molecule has 1 aliphatic heterocycles. The summed E-state index contributed by atoms with van der Waals surface area (Å²) in [5.74, 6) is 2.55. The molecule has 192 valence electrons. The third kappa shape index (κ3) is 8.38. The number of ether oxygens (including phenoxy) is 2. The predicted octanol–water partition coefficient (Wildman–Crippen LogP) is 7.10. The topological polar surface area (TPSA) is 47.6 Å². The first-order chi connectivity index (χ1) is 16.6. The summed E-state index contributed by atoms with van der Waals surface area (Å²) in [6.45, 7) is 14.3. The number of carbonyl (C=O) groups is 1. The van der Waals surface area contributed by atoms with Crippen LogP contribution in [0, 0.1) is 11.8 Å². The van der Waals surface area contributed by atoms with Crippen LogP contribution < -0.4 is 10.1 Å². The molecule has 0 radical (unpaired) electrons. The zero-order chi connectivity index (χ0) is 25.4. The van der Waals surface area contributed by atoms with E-state index in [0.717, 1.165) is 31.6 Å². The smallest absolute Gasteiger partial charge is 0.220 e. The van der Waals surface area contributed by atoms with E-state index in [0.29, 0.717) is 30.7 Å². The maximum absolute atomic E-state index is 13.0. The maximum atomic E-state index is 13.0. The quantitative estimate of drug-likeness (QED) is 0.374. The average Bonchev–Trinajstić information content (AvgIpc) is 2.80. The van der Waals surface area contributed by atoms with Crippen LogP contribution in [0.1, 0.15) is 90.2 Å². The Hall–Kier alpha value is -2.33. The molecule has 3 rings (SSSR count). The van der Waals surface area contributed by atoms with Crippen LogP contribution in [-0.2, 0) is 9.53 Å². The second kappa shape index (κ2) is 12.6. The molecular formula is C31H45NO3. The van der Waals surface area contributed by atoms with E-state index in [2.05, 4.69) is 75.5 Å². The molecule has 2 aromatic rings. The van der Waals surface area contributed by atoms with Crippen LogP contribution in [0.2, 0.25) is 0 Å². The lowest BCUT2D eigenvalue weighted by Gasteiger charge is -2.39. The maximum Gasteiger partial charge on any atom is 0.220 e. The van der Waals surface area contributed by atoms with E-state index in [1.165, 1.54) is 11.1 Å². The molecule has 1 fully saturated rings. The zero-order valence-electron chi connectivity index (χ0n) is 22.6. The first kappa shape index (κ1) is 27.3. The molecule has 0 aromatic heterocycles. The van der Waals surface area contributed by atoms with Gasteiger partial charge in [-0.25, -0.2) is 0 Å². The fourth-order valence-corrected chi connectivity index (χ4v) is 5.44. The van der Waals surface area contributed by atoms with Gasteiger partial charge in [-0.2, -0.15) is 0 Å². The molecule has 0 saturated carbocycles. The molecule has 0 aliphatic carbocycles. The summed E-state index contributed by atoms with van der Waals surface area (Å²) >= 11 is 0. The second-order valence-corrected chi connectivity index (χ2v) is 11.3. The minimum Gasteiger partial charge on any atom is -0.491 e. The highest BCUT2D eigenvalue weighted by molar-refractivity contribution is 5.76. The Morgan fingerprint density at radius 3 is 2.31 bits per heavy atom. The van der Waals surface area contributed by atoms with Gasteiger partial charge in [-0.1, -0.05) is 56.3 Å². The Bertz CT molecular complexity index is 905. The Morgan fingerprint density at radius 1 is 1.03 bits per heavy atom. The number of rotatable bonds is 11. The molecule has 0 unspecified atom stereocenters. The van der Waals surface area contributed by atoms with Gasteiger partial charge >= 0.3 is 0 Å². The average molecular weight is 480 g/mol. The van der Waals surface area contributed by atoms with Crippen molar-refractivity contribution in [3.8, 4) is 5.75 Å². The SMILES string of the molecule is CC(C)Oc1ccc([C@H](CC(=O)NCC[C@@H](c2ccccc2)[C@H]2CCOC(C)(C)C2)C(C)C)cc1. The molecule has 1 heterocycles. The van der Waals surface area contributed by atoms with Crippen LogP contribution in [0.4, 0.5) is 0 Å². The molecule has 3 atom stereocenters. The normalized spacial score (nSPS) is 19.4. The lowest BCUT2D eigenvalue weighted by Crippen LogP contribution is -2.37. The van der Waals surface area contributed by atoms with E-state index in [4.69, 9.17) is 9.47 Å². The van der Waals surface area contributed by atoms with Crippen LogP contribution in [0.5, 0.6) is 5.75 Å². The first-order valence-electron chi connectivity index (χ1n) is 13.4. The molecule has 2 aromatic carbocycles. The fourth-order valence-electron chi connectivity index (χ4n) is 5.44. The Kier molecular flexibility index (Phi) is 9.80. The minimum absolute atomic E-state index is 0.0839. The van der Waals surface area contributed by atoms with Crippen molar-refractivity contribution >= 4 is 5.91 Å². The van der Waals surface area contributed by atoms with Crippen LogP contribution in [0.25, 0.3) is 0 Å². The summed E-state index contributed by atoms with van der Waals surface area (Å²) in [5.41, 5.74) is 2.48. The summed E-state index contributed by atoms with van der Waals surface area (Å²) in [6.07, 6.45) is 3.72. The lowest BCUT2D eigenvalue weighted by atomic mass is 9.75. The van der Waals surface area contributed by atoms with Crippen molar-refractivity contribution in [2.24, 2.45) is 11.8 Å². The van der Waals surface area contributed by atoms with Crippen molar-refractivity contribution in [1.29, 1.82) is 0 Å². The van der Waals surface area contributed by atoms with E-state index < -0.39 is 0 Å². The number of hydrogen-bond donors (Lipinski definition) is 1. The van der Waals surface area contributed by atoms with Gasteiger partial charge in [0.1, 0.15) is 5.75 Å². The molecule has 4 heteroatoms. The number of amides is 1. The molecule has 0 bridgehead atoms. The van der Waals surface area contributed by atoms with Crippen molar-refractivity contribution in [3.05, 3.63) is 65.7 Å². The molecule has 1 amide bonds. The molecule has 1 saturated heterocycles. The first-order valence-corrected chi connectivity index (χ1v) is 13.4. The Morgan fingerprint density at radius 2 is 1.71 bits per heavy atom. The van der Waals surface area contributed by atoms with Crippen molar-refractivity contribution in [3.63, 3.8) is 0 Å². The Labute approximate surface area is 212 Å². The van der Waals surface area contributed by atoms with E-state index in [9.17, 15) is 4.79 Å². The van der Waals surface area contributed by atoms with Gasteiger partial charge in [-0.05, 0) is 93.9 Å². The van der Waals surface area contributed by atoms with Gasteiger partial charge in [0.15, 0.2) is 0 Å². The standard InChI is InChI=1S/C31H45NO3/c1-22(2)29(25-12-14-27(15-13-25)35-23(3)4)20-30(33)32-18-16-28(24-10-8-7-9-11-24)26-17-19-34-31(5,6)21-26/h7-15,22-23,26,28-29H,16-21H2,1-6H3,(H,32,33)/t26-,28-,29+/m0/s1. The highest BCUT2D eigenvalue weighted by Gasteiger charge is 2.34. The largest absolute Gasteiger partial charge is 0.491 e. The van der Waals surface area contributed by atoms with E-state index in [1.807, 2.05) is 26.0 Å². The van der Waals surface area contributed by atoms with Gasteiger partial charge in [0.2, 0.25) is 5.91 Å². The third-order valence-electron chi connectivity index (χ3n) is 7.20. The summed E-state index contributed by atoms with van der Waals surface area (Å²) in [5, 5.41) is 3.24. The van der Waals surface area contributed by atoms with Crippen molar-refractivity contribution in [2.45, 2.75) is 90.8 Å². The third-order valence-corrected chi connectivity index (χ3v) is 7.20. The van der Waals surface area contributed by atoms with Crippen LogP contribution in [0.15, 0.2) is 54.6 Å². The van der Waals surface area contributed by atoms with Crippen molar-refractivity contribution < 1.29 is 14.3 Å². The number of hydrogen-bond acceptors (Lipinski definition) is 3. The number of benzene rings is 2. The molecule has 0 spiro atoms. The highest BCUT2D eigenvalue weighted by atomic mass is 16.5. The van der Waals surface area contributed by atoms with Crippen LogP contribution >= 0.6 is 0 Å². The minimum atomic E-state index is -0.0839. The van der Waals surface area contributed by atoms with E-state index in [-0.39, 0.29) is 23.5 Å².